The van der Waals surface area contributed by atoms with Gasteiger partial charge in [0.15, 0.2) is 0 Å². The summed E-state index contributed by atoms with van der Waals surface area (Å²) in [5.74, 6) is 0.526. The molecule has 2 rings (SSSR count). The maximum absolute atomic E-state index is 11.5. The Morgan fingerprint density at radius 2 is 1.84 bits per heavy atom. The summed E-state index contributed by atoms with van der Waals surface area (Å²) in [6.45, 7) is 7.94. The van der Waals surface area contributed by atoms with Gasteiger partial charge in [-0.2, -0.15) is 0 Å². The van der Waals surface area contributed by atoms with Crippen LogP contribution in [0.25, 0.3) is 0 Å². The van der Waals surface area contributed by atoms with Gasteiger partial charge in [0.2, 0.25) is 5.91 Å². The summed E-state index contributed by atoms with van der Waals surface area (Å²) in [5.41, 5.74) is 3.90. The zero-order valence-electron chi connectivity index (χ0n) is 12.1. The van der Waals surface area contributed by atoms with Crippen LogP contribution in [0.5, 0.6) is 0 Å². The molecule has 1 atom stereocenters. The second-order valence-corrected chi connectivity index (χ2v) is 5.66. The zero-order valence-corrected chi connectivity index (χ0v) is 12.1. The third-order valence-electron chi connectivity index (χ3n) is 3.57. The van der Waals surface area contributed by atoms with E-state index in [1.54, 1.807) is 0 Å². The van der Waals surface area contributed by atoms with Crippen LogP contribution in [0.2, 0.25) is 0 Å². The van der Waals surface area contributed by atoms with Crippen molar-refractivity contribution in [2.45, 2.75) is 39.7 Å². The van der Waals surface area contributed by atoms with Gasteiger partial charge in [-0.05, 0) is 39.2 Å². The molecule has 3 nitrogen and oxygen atoms in total. The Kier molecular flexibility index (Phi) is 4.59. The van der Waals surface area contributed by atoms with Crippen molar-refractivity contribution in [1.29, 1.82) is 0 Å². The second kappa shape index (κ2) is 6.20. The van der Waals surface area contributed by atoms with Gasteiger partial charge in [0.25, 0.3) is 0 Å². The van der Waals surface area contributed by atoms with Crippen LogP contribution < -0.4 is 10.6 Å². The van der Waals surface area contributed by atoms with E-state index in [1.165, 1.54) is 16.7 Å². The largest absolute Gasteiger partial charge is 0.355 e. The zero-order chi connectivity index (χ0) is 13.8. The van der Waals surface area contributed by atoms with Gasteiger partial charge in [-0.25, -0.2) is 0 Å². The third-order valence-corrected chi connectivity index (χ3v) is 3.57. The fourth-order valence-electron chi connectivity index (χ4n) is 2.34. The lowest BCUT2D eigenvalue weighted by molar-refractivity contribution is -0.122. The quantitative estimate of drug-likeness (QED) is 0.772. The number of hydrogen-bond acceptors (Lipinski definition) is 2. The minimum Gasteiger partial charge on any atom is -0.355 e. The Balaban J connectivity index is 1.73. The maximum atomic E-state index is 11.5. The first kappa shape index (κ1) is 14.1. The SMILES string of the molecule is Cc1cc(C)cc(C(C)NCCNC(=O)C2CC2)c1. The number of aryl methyl sites for hydroxylation is 2. The molecule has 0 heterocycles. The van der Waals surface area contributed by atoms with Crippen molar-refractivity contribution < 1.29 is 4.79 Å². The number of carbonyl (C=O) groups excluding carboxylic acids is 1. The first-order chi connectivity index (χ1) is 9.06. The average Bonchev–Trinajstić information content (AvgIpc) is 3.17. The summed E-state index contributed by atoms with van der Waals surface area (Å²) < 4.78 is 0. The fraction of sp³-hybridized carbons (Fsp3) is 0.562. The molecule has 1 fully saturated rings. The van der Waals surface area contributed by atoms with Crippen molar-refractivity contribution in [3.8, 4) is 0 Å². The number of amides is 1. The topological polar surface area (TPSA) is 41.1 Å². The average molecular weight is 260 g/mol. The van der Waals surface area contributed by atoms with Crippen LogP contribution in [0.4, 0.5) is 0 Å². The molecule has 1 saturated carbocycles. The first-order valence-electron chi connectivity index (χ1n) is 7.15. The van der Waals surface area contributed by atoms with E-state index >= 15 is 0 Å². The van der Waals surface area contributed by atoms with E-state index in [-0.39, 0.29) is 5.91 Å². The summed E-state index contributed by atoms with van der Waals surface area (Å²) in [6, 6.07) is 6.93. The number of rotatable bonds is 6. The Bertz CT molecular complexity index is 432. The Labute approximate surface area is 115 Å². The molecule has 1 aromatic rings. The summed E-state index contributed by atoms with van der Waals surface area (Å²) in [4.78, 5) is 11.5. The van der Waals surface area contributed by atoms with E-state index in [1.807, 2.05) is 0 Å². The highest BCUT2D eigenvalue weighted by Gasteiger charge is 2.28. The minimum absolute atomic E-state index is 0.223. The molecule has 1 amide bonds. The van der Waals surface area contributed by atoms with Crippen molar-refractivity contribution in [3.63, 3.8) is 0 Å². The molecule has 0 spiro atoms. The lowest BCUT2D eigenvalue weighted by Crippen LogP contribution is -2.33. The van der Waals surface area contributed by atoms with E-state index in [0.717, 1.165) is 19.4 Å². The Morgan fingerprint density at radius 3 is 2.42 bits per heavy atom. The molecule has 1 aromatic carbocycles. The molecule has 2 N–H and O–H groups in total. The van der Waals surface area contributed by atoms with Crippen LogP contribution in [-0.4, -0.2) is 19.0 Å². The highest BCUT2D eigenvalue weighted by atomic mass is 16.2. The fourth-order valence-corrected chi connectivity index (χ4v) is 2.34. The first-order valence-corrected chi connectivity index (χ1v) is 7.15. The van der Waals surface area contributed by atoms with Gasteiger partial charge in [-0.1, -0.05) is 29.3 Å². The monoisotopic (exact) mass is 260 g/mol. The van der Waals surface area contributed by atoms with E-state index in [4.69, 9.17) is 0 Å². The van der Waals surface area contributed by atoms with Crippen LogP contribution in [0.15, 0.2) is 18.2 Å². The van der Waals surface area contributed by atoms with Gasteiger partial charge in [-0.15, -0.1) is 0 Å². The molecule has 1 aliphatic rings. The molecule has 0 aromatic heterocycles. The molecule has 0 radical (unpaired) electrons. The summed E-state index contributed by atoms with van der Waals surface area (Å²) in [7, 11) is 0. The summed E-state index contributed by atoms with van der Waals surface area (Å²) in [5, 5.41) is 6.43. The Hall–Kier alpha value is -1.35. The van der Waals surface area contributed by atoms with Crippen molar-refractivity contribution in [3.05, 3.63) is 34.9 Å². The lowest BCUT2D eigenvalue weighted by atomic mass is 10.0. The Morgan fingerprint density at radius 1 is 1.21 bits per heavy atom. The third kappa shape index (κ3) is 4.35. The van der Waals surface area contributed by atoms with Crippen molar-refractivity contribution in [1.82, 2.24) is 10.6 Å². The van der Waals surface area contributed by atoms with E-state index in [9.17, 15) is 4.79 Å². The summed E-state index contributed by atoms with van der Waals surface area (Å²) >= 11 is 0. The number of benzene rings is 1. The normalized spacial score (nSPS) is 16.2. The van der Waals surface area contributed by atoms with Crippen molar-refractivity contribution in [2.24, 2.45) is 5.92 Å². The van der Waals surface area contributed by atoms with Crippen LogP contribution >= 0.6 is 0 Å². The highest BCUT2D eigenvalue weighted by molar-refractivity contribution is 5.80. The van der Waals surface area contributed by atoms with Gasteiger partial charge in [-0.3, -0.25) is 4.79 Å². The van der Waals surface area contributed by atoms with Crippen molar-refractivity contribution >= 4 is 5.91 Å². The molecular formula is C16H24N2O. The van der Waals surface area contributed by atoms with Gasteiger partial charge >= 0.3 is 0 Å². The number of carbonyl (C=O) groups is 1. The number of hydrogen-bond donors (Lipinski definition) is 2. The van der Waals surface area contributed by atoms with Gasteiger partial charge in [0.1, 0.15) is 0 Å². The lowest BCUT2D eigenvalue weighted by Gasteiger charge is -2.16. The van der Waals surface area contributed by atoms with Crippen LogP contribution in [0.3, 0.4) is 0 Å². The van der Waals surface area contributed by atoms with Crippen molar-refractivity contribution in [2.75, 3.05) is 13.1 Å². The molecule has 1 unspecified atom stereocenters. The smallest absolute Gasteiger partial charge is 0.223 e. The van der Waals surface area contributed by atoms with Gasteiger partial charge in [0, 0.05) is 25.0 Å². The number of nitrogens with one attached hydrogen (secondary N) is 2. The van der Waals surface area contributed by atoms with Crippen LogP contribution in [0, 0.1) is 19.8 Å². The molecule has 1 aliphatic carbocycles. The predicted molar refractivity (Wildman–Crippen MR) is 78.1 cm³/mol. The molecule has 0 saturated heterocycles. The molecule has 3 heteroatoms. The van der Waals surface area contributed by atoms with E-state index < -0.39 is 0 Å². The standard InChI is InChI=1S/C16H24N2O/c1-11-8-12(2)10-15(9-11)13(3)17-6-7-18-16(19)14-4-5-14/h8-10,13-14,17H,4-7H2,1-3H3,(H,18,19). The predicted octanol–water partition coefficient (Wildman–Crippen LogP) is 2.48. The highest BCUT2D eigenvalue weighted by Crippen LogP contribution is 2.28. The molecular weight excluding hydrogens is 236 g/mol. The van der Waals surface area contributed by atoms with Gasteiger partial charge in [0.05, 0.1) is 0 Å². The van der Waals surface area contributed by atoms with Crippen LogP contribution in [0.1, 0.15) is 42.5 Å². The molecule has 0 aliphatic heterocycles. The minimum atomic E-state index is 0.223. The van der Waals surface area contributed by atoms with E-state index in [0.29, 0.717) is 18.5 Å². The molecule has 0 bridgehead atoms. The maximum Gasteiger partial charge on any atom is 0.223 e. The van der Waals surface area contributed by atoms with E-state index in [2.05, 4.69) is 49.6 Å². The van der Waals surface area contributed by atoms with Gasteiger partial charge < -0.3 is 10.6 Å². The summed E-state index contributed by atoms with van der Waals surface area (Å²) in [6.07, 6.45) is 2.14. The molecule has 19 heavy (non-hydrogen) atoms. The van der Waals surface area contributed by atoms with Crippen LogP contribution in [-0.2, 0) is 4.79 Å². The molecule has 104 valence electrons. The second-order valence-electron chi connectivity index (χ2n) is 5.66.